The van der Waals surface area contributed by atoms with E-state index in [1.165, 1.54) is 5.56 Å². The number of carboxylic acid groups (broad SMARTS) is 1. The van der Waals surface area contributed by atoms with Gasteiger partial charge < -0.3 is 10.4 Å². The van der Waals surface area contributed by atoms with Crippen molar-refractivity contribution in [2.24, 2.45) is 0 Å². The predicted molar refractivity (Wildman–Crippen MR) is 74.5 cm³/mol. The number of rotatable bonds is 8. The van der Waals surface area contributed by atoms with Gasteiger partial charge in [-0.25, -0.2) is 0 Å². The molecule has 0 fully saturated rings. The van der Waals surface area contributed by atoms with E-state index in [4.69, 9.17) is 28.3 Å². The number of carboxylic acids is 1. The zero-order chi connectivity index (χ0) is 13.4. The van der Waals surface area contributed by atoms with Crippen LogP contribution in [-0.2, 0) is 11.2 Å². The van der Waals surface area contributed by atoms with Crippen molar-refractivity contribution in [1.29, 1.82) is 0 Å². The molecule has 5 heteroatoms. The highest BCUT2D eigenvalue weighted by atomic mass is 35.5. The Morgan fingerprint density at radius 2 is 1.94 bits per heavy atom. The molecule has 0 saturated heterocycles. The van der Waals surface area contributed by atoms with E-state index in [0.717, 1.165) is 25.8 Å². The molecule has 2 N–H and O–H groups in total. The fraction of sp³-hybridized carbons (Fsp3) is 0.462. The number of hydrogen-bond donors (Lipinski definition) is 2. The van der Waals surface area contributed by atoms with Gasteiger partial charge in [-0.15, -0.1) is 0 Å². The standard InChI is InChI=1S/C13H17Cl2NO2/c14-11-5-4-10(9-12(11)15)3-1-2-7-16-8-6-13(17)18/h4-5,9,16H,1-3,6-8H2,(H,17,18). The highest BCUT2D eigenvalue weighted by molar-refractivity contribution is 6.42. The molecule has 0 radical (unpaired) electrons. The lowest BCUT2D eigenvalue weighted by Crippen LogP contribution is -2.19. The van der Waals surface area contributed by atoms with Gasteiger partial charge in [0, 0.05) is 6.54 Å². The number of halogens is 2. The Balaban J connectivity index is 2.10. The molecule has 1 aromatic rings. The largest absolute Gasteiger partial charge is 0.481 e. The molecule has 0 spiro atoms. The van der Waals surface area contributed by atoms with Gasteiger partial charge in [0.25, 0.3) is 0 Å². The average Bonchev–Trinajstić information content (AvgIpc) is 2.32. The quantitative estimate of drug-likeness (QED) is 0.722. The summed E-state index contributed by atoms with van der Waals surface area (Å²) >= 11 is 11.8. The topological polar surface area (TPSA) is 49.3 Å². The maximum atomic E-state index is 10.3. The van der Waals surface area contributed by atoms with E-state index < -0.39 is 5.97 Å². The molecule has 18 heavy (non-hydrogen) atoms. The summed E-state index contributed by atoms with van der Waals surface area (Å²) in [6.45, 7) is 1.37. The fourth-order valence-electron chi connectivity index (χ4n) is 1.59. The first-order valence-electron chi connectivity index (χ1n) is 5.96. The van der Waals surface area contributed by atoms with E-state index in [9.17, 15) is 4.79 Å². The van der Waals surface area contributed by atoms with Crippen LogP contribution in [0.1, 0.15) is 24.8 Å². The fourth-order valence-corrected chi connectivity index (χ4v) is 1.92. The van der Waals surface area contributed by atoms with E-state index in [1.54, 1.807) is 0 Å². The van der Waals surface area contributed by atoms with Crippen LogP contribution in [0.4, 0.5) is 0 Å². The second-order valence-electron chi connectivity index (χ2n) is 4.10. The van der Waals surface area contributed by atoms with Crippen molar-refractivity contribution in [3.63, 3.8) is 0 Å². The molecule has 0 saturated carbocycles. The van der Waals surface area contributed by atoms with Crippen LogP contribution in [0.5, 0.6) is 0 Å². The maximum absolute atomic E-state index is 10.3. The molecular formula is C13H17Cl2NO2. The van der Waals surface area contributed by atoms with E-state index in [2.05, 4.69) is 5.32 Å². The number of nitrogens with one attached hydrogen (secondary N) is 1. The van der Waals surface area contributed by atoms with Crippen LogP contribution in [0, 0.1) is 0 Å². The molecule has 1 aromatic carbocycles. The Hall–Kier alpha value is -0.770. The van der Waals surface area contributed by atoms with Crippen molar-refractivity contribution in [2.45, 2.75) is 25.7 Å². The number of aliphatic carboxylic acids is 1. The number of unbranched alkanes of at least 4 members (excludes halogenated alkanes) is 1. The molecule has 0 atom stereocenters. The summed E-state index contributed by atoms with van der Waals surface area (Å²) in [4.78, 5) is 10.3. The second-order valence-corrected chi connectivity index (χ2v) is 4.91. The number of aryl methyl sites for hydroxylation is 1. The molecule has 0 aliphatic rings. The second kappa shape index (κ2) is 8.35. The van der Waals surface area contributed by atoms with Crippen LogP contribution in [0.25, 0.3) is 0 Å². The van der Waals surface area contributed by atoms with E-state index in [0.29, 0.717) is 16.6 Å². The Morgan fingerprint density at radius 3 is 2.61 bits per heavy atom. The van der Waals surface area contributed by atoms with Crippen LogP contribution in [-0.4, -0.2) is 24.2 Å². The van der Waals surface area contributed by atoms with Crippen molar-refractivity contribution in [2.75, 3.05) is 13.1 Å². The molecule has 100 valence electrons. The third kappa shape index (κ3) is 6.24. The molecule has 0 aliphatic heterocycles. The van der Waals surface area contributed by atoms with Crippen molar-refractivity contribution in [3.05, 3.63) is 33.8 Å². The predicted octanol–water partition coefficient (Wildman–Crippen LogP) is 3.38. The lowest BCUT2D eigenvalue weighted by molar-refractivity contribution is -0.136. The minimum absolute atomic E-state index is 0.173. The Bertz CT molecular complexity index is 397. The summed E-state index contributed by atoms with van der Waals surface area (Å²) in [5.41, 5.74) is 1.18. The van der Waals surface area contributed by atoms with Gasteiger partial charge in [-0.1, -0.05) is 29.3 Å². The monoisotopic (exact) mass is 289 g/mol. The molecule has 0 amide bonds. The summed E-state index contributed by atoms with van der Waals surface area (Å²) in [6, 6.07) is 5.68. The minimum atomic E-state index is -0.765. The lowest BCUT2D eigenvalue weighted by Gasteiger charge is -2.04. The first kappa shape index (κ1) is 15.3. The van der Waals surface area contributed by atoms with Crippen LogP contribution < -0.4 is 5.32 Å². The first-order chi connectivity index (χ1) is 8.59. The van der Waals surface area contributed by atoms with Crippen molar-refractivity contribution in [1.82, 2.24) is 5.32 Å². The number of carbonyl (C=O) groups is 1. The van der Waals surface area contributed by atoms with Crippen molar-refractivity contribution < 1.29 is 9.90 Å². The normalized spacial score (nSPS) is 10.6. The highest BCUT2D eigenvalue weighted by Gasteiger charge is 2.00. The lowest BCUT2D eigenvalue weighted by atomic mass is 10.1. The molecule has 0 heterocycles. The molecule has 0 bridgehead atoms. The molecule has 0 unspecified atom stereocenters. The smallest absolute Gasteiger partial charge is 0.304 e. The van der Waals surface area contributed by atoms with Crippen molar-refractivity contribution >= 4 is 29.2 Å². The summed E-state index contributed by atoms with van der Waals surface area (Å²) < 4.78 is 0. The Morgan fingerprint density at radius 1 is 1.17 bits per heavy atom. The average molecular weight is 290 g/mol. The van der Waals surface area contributed by atoms with Crippen LogP contribution in [0.2, 0.25) is 10.0 Å². The Labute approximate surface area is 117 Å². The summed E-state index contributed by atoms with van der Waals surface area (Å²) in [5.74, 6) is -0.765. The Kier molecular flexibility index (Phi) is 7.09. The van der Waals surface area contributed by atoms with E-state index in [-0.39, 0.29) is 6.42 Å². The minimum Gasteiger partial charge on any atom is -0.481 e. The van der Waals surface area contributed by atoms with E-state index >= 15 is 0 Å². The zero-order valence-corrected chi connectivity index (χ0v) is 11.6. The van der Waals surface area contributed by atoms with E-state index in [1.807, 2.05) is 18.2 Å². The molecule has 1 rings (SSSR count). The first-order valence-corrected chi connectivity index (χ1v) is 6.71. The zero-order valence-electron chi connectivity index (χ0n) is 10.1. The van der Waals surface area contributed by atoms with Gasteiger partial charge >= 0.3 is 5.97 Å². The highest BCUT2D eigenvalue weighted by Crippen LogP contribution is 2.23. The maximum Gasteiger partial charge on any atom is 0.304 e. The van der Waals surface area contributed by atoms with Crippen LogP contribution >= 0.6 is 23.2 Å². The SMILES string of the molecule is O=C(O)CCNCCCCc1ccc(Cl)c(Cl)c1. The number of hydrogen-bond acceptors (Lipinski definition) is 2. The van der Waals surface area contributed by atoms with Crippen molar-refractivity contribution in [3.8, 4) is 0 Å². The molecule has 3 nitrogen and oxygen atoms in total. The van der Waals surface area contributed by atoms with Gasteiger partial charge in [-0.3, -0.25) is 4.79 Å². The van der Waals surface area contributed by atoms with Gasteiger partial charge in [0.05, 0.1) is 16.5 Å². The van der Waals surface area contributed by atoms with Gasteiger partial charge in [0.2, 0.25) is 0 Å². The molecule has 0 aliphatic carbocycles. The molecular weight excluding hydrogens is 273 g/mol. The third-order valence-corrected chi connectivity index (χ3v) is 3.31. The molecule has 0 aromatic heterocycles. The summed E-state index contributed by atoms with van der Waals surface area (Å²) in [7, 11) is 0. The van der Waals surface area contributed by atoms with Crippen LogP contribution in [0.3, 0.4) is 0 Å². The summed E-state index contributed by atoms with van der Waals surface area (Å²) in [6.07, 6.45) is 3.18. The number of benzene rings is 1. The van der Waals surface area contributed by atoms with Gasteiger partial charge in [-0.05, 0) is 43.5 Å². The third-order valence-electron chi connectivity index (χ3n) is 2.57. The van der Waals surface area contributed by atoms with Gasteiger partial charge in [-0.2, -0.15) is 0 Å². The summed E-state index contributed by atoms with van der Waals surface area (Å²) in [5, 5.41) is 12.7. The van der Waals surface area contributed by atoms with Crippen LogP contribution in [0.15, 0.2) is 18.2 Å². The van der Waals surface area contributed by atoms with Gasteiger partial charge in [0.1, 0.15) is 0 Å². The van der Waals surface area contributed by atoms with Gasteiger partial charge in [0.15, 0.2) is 0 Å².